The molecule has 1 rings (SSSR count). The highest BCUT2D eigenvalue weighted by atomic mass is 35.5. The van der Waals surface area contributed by atoms with Crippen LogP contribution in [-0.2, 0) is 6.42 Å². The maximum atomic E-state index is 13.1. The van der Waals surface area contributed by atoms with E-state index in [0.29, 0.717) is 10.9 Å². The topological polar surface area (TPSA) is 12.0 Å². The molecular weight excluding hydrogens is 225 g/mol. The van der Waals surface area contributed by atoms with Crippen LogP contribution in [0.1, 0.15) is 25.3 Å². The third-order valence-electron chi connectivity index (χ3n) is 2.71. The van der Waals surface area contributed by atoms with Gasteiger partial charge in [-0.25, -0.2) is 4.39 Å². The molecule has 0 heterocycles. The van der Waals surface area contributed by atoms with E-state index in [2.05, 4.69) is 12.2 Å². The average molecular weight is 244 g/mol. The van der Waals surface area contributed by atoms with Crippen molar-refractivity contribution in [2.45, 2.75) is 26.2 Å². The summed E-state index contributed by atoms with van der Waals surface area (Å²) in [5.41, 5.74) is 0.912. The molecule has 0 spiro atoms. The molecular formula is C13H19ClFN. The summed E-state index contributed by atoms with van der Waals surface area (Å²) in [6.07, 6.45) is 3.11. The fourth-order valence-electron chi connectivity index (χ4n) is 1.98. The third kappa shape index (κ3) is 4.11. The van der Waals surface area contributed by atoms with Crippen molar-refractivity contribution in [3.63, 3.8) is 0 Å². The second kappa shape index (κ2) is 6.87. The Bertz CT molecular complexity index is 322. The first-order valence-corrected chi connectivity index (χ1v) is 6.13. The number of halogens is 2. The van der Waals surface area contributed by atoms with Crippen molar-refractivity contribution in [1.82, 2.24) is 5.32 Å². The van der Waals surface area contributed by atoms with Gasteiger partial charge in [0.2, 0.25) is 0 Å². The van der Waals surface area contributed by atoms with Crippen LogP contribution >= 0.6 is 11.6 Å². The van der Waals surface area contributed by atoms with Crippen LogP contribution < -0.4 is 5.32 Å². The molecule has 1 unspecified atom stereocenters. The van der Waals surface area contributed by atoms with Crippen molar-refractivity contribution in [3.05, 3.63) is 34.6 Å². The Morgan fingerprint density at radius 2 is 2.19 bits per heavy atom. The summed E-state index contributed by atoms with van der Waals surface area (Å²) in [7, 11) is 1.94. The van der Waals surface area contributed by atoms with Crippen molar-refractivity contribution in [1.29, 1.82) is 0 Å². The van der Waals surface area contributed by atoms with Crippen LogP contribution in [0.4, 0.5) is 4.39 Å². The van der Waals surface area contributed by atoms with Gasteiger partial charge in [-0.3, -0.25) is 0 Å². The molecule has 0 aliphatic heterocycles. The summed E-state index contributed by atoms with van der Waals surface area (Å²) >= 11 is 6.05. The van der Waals surface area contributed by atoms with E-state index in [-0.39, 0.29) is 5.82 Å². The monoisotopic (exact) mass is 243 g/mol. The number of benzene rings is 1. The predicted molar refractivity (Wildman–Crippen MR) is 67.4 cm³/mol. The zero-order valence-corrected chi connectivity index (χ0v) is 10.6. The fourth-order valence-corrected chi connectivity index (χ4v) is 2.18. The largest absolute Gasteiger partial charge is 0.319 e. The lowest BCUT2D eigenvalue weighted by Gasteiger charge is -2.16. The molecule has 1 nitrogen and oxygen atoms in total. The lowest BCUT2D eigenvalue weighted by Crippen LogP contribution is -2.20. The average Bonchev–Trinajstić information content (AvgIpc) is 2.24. The van der Waals surface area contributed by atoms with Crippen LogP contribution in [0.3, 0.4) is 0 Å². The summed E-state index contributed by atoms with van der Waals surface area (Å²) in [6, 6.07) is 4.58. The first-order chi connectivity index (χ1) is 7.67. The molecule has 1 aromatic rings. The summed E-state index contributed by atoms with van der Waals surface area (Å²) in [5.74, 6) is 0.313. The molecule has 0 saturated heterocycles. The van der Waals surface area contributed by atoms with Gasteiger partial charge in [0.25, 0.3) is 0 Å². The maximum absolute atomic E-state index is 13.1. The van der Waals surface area contributed by atoms with E-state index in [1.54, 1.807) is 12.1 Å². The molecule has 1 aromatic carbocycles. The van der Waals surface area contributed by atoms with Gasteiger partial charge in [-0.05, 0) is 56.1 Å². The van der Waals surface area contributed by atoms with Crippen LogP contribution in [0.15, 0.2) is 18.2 Å². The third-order valence-corrected chi connectivity index (χ3v) is 3.07. The molecule has 0 saturated carbocycles. The lowest BCUT2D eigenvalue weighted by molar-refractivity contribution is 0.455. The van der Waals surface area contributed by atoms with E-state index in [0.717, 1.165) is 31.4 Å². The fraction of sp³-hybridized carbons (Fsp3) is 0.538. The van der Waals surface area contributed by atoms with Crippen LogP contribution in [0.2, 0.25) is 5.02 Å². The molecule has 0 aliphatic rings. The molecule has 1 N–H and O–H groups in total. The highest BCUT2D eigenvalue weighted by Gasteiger charge is 2.11. The van der Waals surface area contributed by atoms with Crippen LogP contribution in [0.25, 0.3) is 0 Å². The first kappa shape index (κ1) is 13.5. The molecule has 0 aromatic heterocycles. The first-order valence-electron chi connectivity index (χ1n) is 5.75. The Hall–Kier alpha value is -0.600. The van der Waals surface area contributed by atoms with Gasteiger partial charge in [-0.15, -0.1) is 0 Å². The smallest absolute Gasteiger partial charge is 0.123 e. The number of nitrogens with one attached hydrogen (secondary N) is 1. The SMILES string of the molecule is CCCC(CNC)Cc1cc(F)ccc1Cl. The van der Waals surface area contributed by atoms with Gasteiger partial charge in [0.1, 0.15) is 5.82 Å². The van der Waals surface area contributed by atoms with E-state index >= 15 is 0 Å². The highest BCUT2D eigenvalue weighted by molar-refractivity contribution is 6.31. The van der Waals surface area contributed by atoms with Crippen molar-refractivity contribution in [2.24, 2.45) is 5.92 Å². The van der Waals surface area contributed by atoms with E-state index in [9.17, 15) is 4.39 Å². The van der Waals surface area contributed by atoms with Gasteiger partial charge in [0, 0.05) is 5.02 Å². The molecule has 90 valence electrons. The summed E-state index contributed by atoms with van der Waals surface area (Å²) in [6.45, 7) is 3.11. The van der Waals surface area contributed by atoms with E-state index in [1.165, 1.54) is 6.07 Å². The van der Waals surface area contributed by atoms with Crippen molar-refractivity contribution < 1.29 is 4.39 Å². The second-order valence-electron chi connectivity index (χ2n) is 4.15. The quantitative estimate of drug-likeness (QED) is 0.804. The van der Waals surface area contributed by atoms with Gasteiger partial charge in [-0.2, -0.15) is 0 Å². The Kier molecular flexibility index (Phi) is 5.78. The Morgan fingerprint density at radius 3 is 2.81 bits per heavy atom. The van der Waals surface area contributed by atoms with Gasteiger partial charge in [0.05, 0.1) is 0 Å². The summed E-state index contributed by atoms with van der Waals surface area (Å²) in [4.78, 5) is 0. The minimum absolute atomic E-state index is 0.209. The van der Waals surface area contributed by atoms with Crippen molar-refractivity contribution in [3.8, 4) is 0 Å². The maximum Gasteiger partial charge on any atom is 0.123 e. The second-order valence-corrected chi connectivity index (χ2v) is 4.56. The Labute approximate surface area is 102 Å². The lowest BCUT2D eigenvalue weighted by atomic mass is 9.95. The van der Waals surface area contributed by atoms with Gasteiger partial charge in [0.15, 0.2) is 0 Å². The van der Waals surface area contributed by atoms with E-state index in [1.807, 2.05) is 7.05 Å². The summed E-state index contributed by atoms with van der Waals surface area (Å²) < 4.78 is 13.1. The van der Waals surface area contributed by atoms with Gasteiger partial charge >= 0.3 is 0 Å². The molecule has 0 radical (unpaired) electrons. The van der Waals surface area contributed by atoms with E-state index < -0.39 is 0 Å². The molecule has 0 aliphatic carbocycles. The minimum Gasteiger partial charge on any atom is -0.319 e. The van der Waals surface area contributed by atoms with Crippen LogP contribution in [0.5, 0.6) is 0 Å². The molecule has 3 heteroatoms. The van der Waals surface area contributed by atoms with Gasteiger partial charge < -0.3 is 5.32 Å². The minimum atomic E-state index is -0.209. The van der Waals surface area contributed by atoms with Crippen LogP contribution in [0, 0.1) is 11.7 Å². The molecule has 0 fully saturated rings. The zero-order valence-electron chi connectivity index (χ0n) is 9.89. The van der Waals surface area contributed by atoms with Crippen LogP contribution in [-0.4, -0.2) is 13.6 Å². The number of rotatable bonds is 6. The Morgan fingerprint density at radius 1 is 1.44 bits per heavy atom. The van der Waals surface area contributed by atoms with E-state index in [4.69, 9.17) is 11.6 Å². The Balaban J connectivity index is 2.71. The normalized spacial score (nSPS) is 12.8. The molecule has 1 atom stereocenters. The molecule has 16 heavy (non-hydrogen) atoms. The van der Waals surface area contributed by atoms with Crippen molar-refractivity contribution >= 4 is 11.6 Å². The molecule has 0 bridgehead atoms. The zero-order chi connectivity index (χ0) is 12.0. The number of hydrogen-bond donors (Lipinski definition) is 1. The van der Waals surface area contributed by atoms with Crippen molar-refractivity contribution in [2.75, 3.05) is 13.6 Å². The number of hydrogen-bond acceptors (Lipinski definition) is 1. The molecule has 0 amide bonds. The predicted octanol–water partition coefficient (Wildman–Crippen LogP) is 3.66. The summed E-state index contributed by atoms with van der Waals surface area (Å²) in [5, 5.41) is 3.84. The highest BCUT2D eigenvalue weighted by Crippen LogP contribution is 2.22. The van der Waals surface area contributed by atoms with Gasteiger partial charge in [-0.1, -0.05) is 24.9 Å². The standard InChI is InChI=1S/C13H19ClFN/c1-3-4-10(9-16-2)7-11-8-12(15)5-6-13(11)14/h5-6,8,10,16H,3-4,7,9H2,1-2H3.